The fraction of sp³-hybridized carbons (Fsp3) is 0.100. The average molecular weight is 361 g/mol. The number of carbonyl (C=O) groups is 1. The van der Waals surface area contributed by atoms with E-state index in [1.54, 1.807) is 28.9 Å². The molecule has 1 aromatic heterocycles. The number of nitrogens with zero attached hydrogens (tertiary/aromatic N) is 3. The van der Waals surface area contributed by atoms with Crippen LogP contribution in [0.5, 0.6) is 0 Å². The third-order valence-corrected chi connectivity index (χ3v) is 2.92. The quantitative estimate of drug-likeness (QED) is 0.772. The van der Waals surface area contributed by atoms with Gasteiger partial charge in [0.15, 0.2) is 0 Å². The van der Waals surface area contributed by atoms with Crippen molar-refractivity contribution in [1.29, 1.82) is 0 Å². The van der Waals surface area contributed by atoms with E-state index >= 15 is 0 Å². The zero-order valence-electron chi connectivity index (χ0n) is 8.72. The zero-order valence-corrected chi connectivity index (χ0v) is 11.9. The first kappa shape index (κ1) is 12.3. The molecule has 0 fully saturated rings. The highest BCUT2D eigenvalue weighted by Gasteiger charge is 2.09. The summed E-state index contributed by atoms with van der Waals surface area (Å²) in [4.78, 5) is 15.3. The lowest BCUT2D eigenvalue weighted by molar-refractivity contribution is 0.0601. The monoisotopic (exact) mass is 359 g/mol. The van der Waals surface area contributed by atoms with Crippen LogP contribution in [0, 0.1) is 0 Å². The highest BCUT2D eigenvalue weighted by Crippen LogP contribution is 2.17. The lowest BCUT2D eigenvalue weighted by atomic mass is 10.2. The summed E-state index contributed by atoms with van der Waals surface area (Å²) < 4.78 is 7.29. The van der Waals surface area contributed by atoms with Gasteiger partial charge in [0.1, 0.15) is 0 Å². The maximum absolute atomic E-state index is 11.3. The fourth-order valence-electron chi connectivity index (χ4n) is 1.29. The van der Waals surface area contributed by atoms with E-state index in [-0.39, 0.29) is 5.97 Å². The van der Waals surface area contributed by atoms with Crippen molar-refractivity contribution in [2.24, 2.45) is 0 Å². The number of halogens is 2. The fourth-order valence-corrected chi connectivity index (χ4v) is 2.31. The summed E-state index contributed by atoms with van der Waals surface area (Å²) in [7, 11) is 1.35. The number of aromatic nitrogens is 3. The van der Waals surface area contributed by atoms with Gasteiger partial charge < -0.3 is 4.74 Å². The lowest BCUT2D eigenvalue weighted by Crippen LogP contribution is -2.02. The highest BCUT2D eigenvalue weighted by molar-refractivity contribution is 9.11. The van der Waals surface area contributed by atoms with E-state index in [0.717, 1.165) is 5.69 Å². The van der Waals surface area contributed by atoms with Gasteiger partial charge in [-0.05, 0) is 56.1 Å². The van der Waals surface area contributed by atoms with Crippen molar-refractivity contribution in [3.05, 3.63) is 39.3 Å². The molecule has 0 atom stereocenters. The topological polar surface area (TPSA) is 57.0 Å². The highest BCUT2D eigenvalue weighted by atomic mass is 79.9. The Morgan fingerprint density at radius 3 is 2.41 bits per heavy atom. The predicted molar refractivity (Wildman–Crippen MR) is 68.1 cm³/mol. The van der Waals surface area contributed by atoms with Crippen LogP contribution in [-0.2, 0) is 4.74 Å². The van der Waals surface area contributed by atoms with Crippen molar-refractivity contribution >= 4 is 37.8 Å². The van der Waals surface area contributed by atoms with Crippen LogP contribution in [0.15, 0.2) is 33.7 Å². The molecule has 88 valence electrons. The van der Waals surface area contributed by atoms with Crippen molar-refractivity contribution in [1.82, 2.24) is 14.8 Å². The summed E-state index contributed by atoms with van der Waals surface area (Å²) in [6.45, 7) is 0. The molecule has 0 radical (unpaired) electrons. The SMILES string of the molecule is COC(=O)c1ccc(-n2nc(Br)nc2Br)cc1. The van der Waals surface area contributed by atoms with E-state index in [0.29, 0.717) is 15.0 Å². The molecule has 7 heteroatoms. The van der Waals surface area contributed by atoms with Crippen LogP contribution in [-0.4, -0.2) is 27.8 Å². The van der Waals surface area contributed by atoms with E-state index in [1.165, 1.54) is 7.11 Å². The molecule has 0 aliphatic carbocycles. The molecule has 2 rings (SSSR count). The smallest absolute Gasteiger partial charge is 0.337 e. The first-order chi connectivity index (χ1) is 8.11. The molecule has 0 unspecified atom stereocenters. The molecule has 0 saturated heterocycles. The Morgan fingerprint density at radius 1 is 1.29 bits per heavy atom. The number of esters is 1. The van der Waals surface area contributed by atoms with Crippen molar-refractivity contribution in [2.45, 2.75) is 0 Å². The first-order valence-corrected chi connectivity index (χ1v) is 6.17. The second-order valence-electron chi connectivity index (χ2n) is 3.10. The van der Waals surface area contributed by atoms with Crippen LogP contribution in [0.3, 0.4) is 0 Å². The number of ether oxygens (including phenoxy) is 1. The Labute approximate surface area is 114 Å². The minimum absolute atomic E-state index is 0.365. The maximum atomic E-state index is 11.3. The molecule has 0 spiro atoms. The molecule has 0 N–H and O–H groups in total. The molecule has 0 bridgehead atoms. The summed E-state index contributed by atoms with van der Waals surface area (Å²) in [6, 6.07) is 6.86. The molecular weight excluding hydrogens is 354 g/mol. The van der Waals surface area contributed by atoms with Crippen molar-refractivity contribution in [3.63, 3.8) is 0 Å². The lowest BCUT2D eigenvalue weighted by Gasteiger charge is -2.03. The Kier molecular flexibility index (Phi) is 3.58. The second kappa shape index (κ2) is 4.97. The van der Waals surface area contributed by atoms with Gasteiger partial charge in [0, 0.05) is 0 Å². The third kappa shape index (κ3) is 2.55. The van der Waals surface area contributed by atoms with Crippen LogP contribution in [0.2, 0.25) is 0 Å². The summed E-state index contributed by atoms with van der Waals surface area (Å²) in [5.74, 6) is -0.365. The predicted octanol–water partition coefficient (Wildman–Crippen LogP) is 2.58. The first-order valence-electron chi connectivity index (χ1n) is 4.58. The van der Waals surface area contributed by atoms with E-state index in [2.05, 4.69) is 46.7 Å². The van der Waals surface area contributed by atoms with E-state index in [1.807, 2.05) is 0 Å². The van der Waals surface area contributed by atoms with Crippen molar-refractivity contribution in [2.75, 3.05) is 7.11 Å². The molecule has 2 aromatic rings. The summed E-state index contributed by atoms with van der Waals surface area (Å²) in [6.07, 6.45) is 0. The van der Waals surface area contributed by atoms with Crippen LogP contribution in [0.1, 0.15) is 10.4 Å². The maximum Gasteiger partial charge on any atom is 0.337 e. The van der Waals surface area contributed by atoms with Gasteiger partial charge >= 0.3 is 5.97 Å². The Hall–Kier alpha value is -1.21. The minimum Gasteiger partial charge on any atom is -0.465 e. The number of rotatable bonds is 2. The molecular formula is C10H7Br2N3O2. The van der Waals surface area contributed by atoms with E-state index in [9.17, 15) is 4.79 Å². The number of hydrogen-bond acceptors (Lipinski definition) is 4. The summed E-state index contributed by atoms with van der Waals surface area (Å²) in [5, 5.41) is 4.13. The van der Waals surface area contributed by atoms with Crippen LogP contribution in [0.25, 0.3) is 5.69 Å². The molecule has 1 heterocycles. The second-order valence-corrected chi connectivity index (χ2v) is 4.52. The largest absolute Gasteiger partial charge is 0.465 e. The van der Waals surface area contributed by atoms with Gasteiger partial charge in [-0.3, -0.25) is 0 Å². The van der Waals surface area contributed by atoms with Crippen LogP contribution >= 0.6 is 31.9 Å². The normalized spacial score (nSPS) is 10.3. The molecule has 5 nitrogen and oxygen atoms in total. The molecule has 0 saturated carbocycles. The number of benzene rings is 1. The standard InChI is InChI=1S/C10H7Br2N3O2/c1-17-8(16)6-2-4-7(5-3-6)15-10(12)13-9(11)14-15/h2-5H,1H3. The van der Waals surface area contributed by atoms with Gasteiger partial charge in [-0.2, -0.15) is 4.98 Å². The minimum atomic E-state index is -0.365. The molecule has 0 aliphatic heterocycles. The van der Waals surface area contributed by atoms with Gasteiger partial charge in [0.2, 0.25) is 9.47 Å². The Balaban J connectivity index is 2.35. The molecule has 17 heavy (non-hydrogen) atoms. The Morgan fingerprint density at radius 2 is 1.94 bits per heavy atom. The van der Waals surface area contributed by atoms with Crippen molar-refractivity contribution < 1.29 is 9.53 Å². The van der Waals surface area contributed by atoms with Gasteiger partial charge in [-0.1, -0.05) is 0 Å². The molecule has 1 aromatic carbocycles. The summed E-state index contributed by atoms with van der Waals surface area (Å²) in [5.41, 5.74) is 1.29. The van der Waals surface area contributed by atoms with Gasteiger partial charge in [-0.25, -0.2) is 9.48 Å². The van der Waals surface area contributed by atoms with Crippen LogP contribution in [0.4, 0.5) is 0 Å². The number of hydrogen-bond donors (Lipinski definition) is 0. The van der Waals surface area contributed by atoms with Gasteiger partial charge in [-0.15, -0.1) is 5.10 Å². The van der Waals surface area contributed by atoms with E-state index < -0.39 is 0 Å². The Bertz CT molecular complexity index is 551. The summed E-state index contributed by atoms with van der Waals surface area (Å²) >= 11 is 6.46. The van der Waals surface area contributed by atoms with Crippen LogP contribution < -0.4 is 0 Å². The zero-order chi connectivity index (χ0) is 12.4. The third-order valence-electron chi connectivity index (χ3n) is 2.07. The molecule has 0 amide bonds. The molecule has 0 aliphatic rings. The van der Waals surface area contributed by atoms with Gasteiger partial charge in [0.25, 0.3) is 0 Å². The average Bonchev–Trinajstić information content (AvgIpc) is 2.68. The number of carbonyl (C=O) groups excluding carboxylic acids is 1. The number of methoxy groups -OCH3 is 1. The van der Waals surface area contributed by atoms with Crippen molar-refractivity contribution in [3.8, 4) is 5.69 Å². The van der Waals surface area contributed by atoms with Gasteiger partial charge in [0.05, 0.1) is 18.4 Å². The van der Waals surface area contributed by atoms with E-state index in [4.69, 9.17) is 0 Å².